The number of nitrogens with one attached hydrogen (secondary N) is 1. The first-order valence-corrected chi connectivity index (χ1v) is 6.90. The fourth-order valence-corrected chi connectivity index (χ4v) is 2.08. The monoisotopic (exact) mass is 307 g/mol. The highest BCUT2D eigenvalue weighted by atomic mass is 35.5. The van der Waals surface area contributed by atoms with Crippen LogP contribution in [-0.2, 0) is 13.0 Å². The van der Waals surface area contributed by atoms with Crippen LogP contribution in [0.2, 0.25) is 5.02 Å². The van der Waals surface area contributed by atoms with Gasteiger partial charge in [-0.05, 0) is 29.7 Å². The van der Waals surface area contributed by atoms with Crippen LogP contribution in [0.3, 0.4) is 0 Å². The molecule has 0 bridgehead atoms. The molecule has 0 fully saturated rings. The smallest absolute Gasteiger partial charge is 0.254 e. The SMILES string of the molecule is O=C(NCCc1ccc(CO)cc1)c1cccc(Cl)c1F. The van der Waals surface area contributed by atoms with Crippen LogP contribution in [0.25, 0.3) is 0 Å². The summed E-state index contributed by atoms with van der Waals surface area (Å²) in [5.74, 6) is -1.19. The summed E-state index contributed by atoms with van der Waals surface area (Å²) in [5.41, 5.74) is 1.81. The number of halogens is 2. The Balaban J connectivity index is 1.90. The van der Waals surface area contributed by atoms with Crippen molar-refractivity contribution in [3.8, 4) is 0 Å². The third kappa shape index (κ3) is 4.03. The Kier molecular flexibility index (Phi) is 5.31. The molecule has 0 atom stereocenters. The lowest BCUT2D eigenvalue weighted by molar-refractivity contribution is 0.0950. The molecule has 2 aromatic rings. The van der Waals surface area contributed by atoms with Gasteiger partial charge < -0.3 is 10.4 Å². The molecule has 1 amide bonds. The summed E-state index contributed by atoms with van der Waals surface area (Å²) in [6, 6.07) is 11.8. The van der Waals surface area contributed by atoms with E-state index in [0.717, 1.165) is 11.1 Å². The van der Waals surface area contributed by atoms with E-state index in [1.807, 2.05) is 24.3 Å². The van der Waals surface area contributed by atoms with Crippen molar-refractivity contribution in [2.45, 2.75) is 13.0 Å². The van der Waals surface area contributed by atoms with E-state index in [-0.39, 0.29) is 17.2 Å². The second kappa shape index (κ2) is 7.20. The zero-order valence-electron chi connectivity index (χ0n) is 11.3. The number of hydrogen-bond acceptors (Lipinski definition) is 2. The molecule has 0 saturated carbocycles. The largest absolute Gasteiger partial charge is 0.392 e. The molecule has 0 aliphatic carbocycles. The first-order valence-electron chi connectivity index (χ1n) is 6.52. The van der Waals surface area contributed by atoms with Crippen LogP contribution in [-0.4, -0.2) is 17.6 Å². The van der Waals surface area contributed by atoms with E-state index in [1.165, 1.54) is 18.2 Å². The Morgan fingerprint density at radius 3 is 2.48 bits per heavy atom. The highest BCUT2D eigenvalue weighted by molar-refractivity contribution is 6.31. The van der Waals surface area contributed by atoms with Crippen LogP contribution >= 0.6 is 11.6 Å². The molecule has 0 unspecified atom stereocenters. The average Bonchev–Trinajstić information content (AvgIpc) is 2.50. The van der Waals surface area contributed by atoms with Gasteiger partial charge in [0.1, 0.15) is 0 Å². The fourth-order valence-electron chi connectivity index (χ4n) is 1.91. The molecule has 2 aromatic carbocycles. The molecular formula is C16H15ClFNO2. The normalized spacial score (nSPS) is 10.4. The number of carbonyl (C=O) groups excluding carboxylic acids is 1. The van der Waals surface area contributed by atoms with E-state index in [0.29, 0.717) is 13.0 Å². The predicted octanol–water partition coefficient (Wildman–Crippen LogP) is 2.94. The van der Waals surface area contributed by atoms with E-state index < -0.39 is 11.7 Å². The van der Waals surface area contributed by atoms with E-state index in [9.17, 15) is 9.18 Å². The van der Waals surface area contributed by atoms with Crippen LogP contribution in [0.5, 0.6) is 0 Å². The van der Waals surface area contributed by atoms with Gasteiger partial charge in [-0.1, -0.05) is 41.9 Å². The summed E-state index contributed by atoms with van der Waals surface area (Å²) in [4.78, 5) is 11.9. The van der Waals surface area contributed by atoms with Crippen molar-refractivity contribution in [2.24, 2.45) is 0 Å². The third-order valence-corrected chi connectivity index (χ3v) is 3.39. The van der Waals surface area contributed by atoms with E-state index in [1.54, 1.807) is 0 Å². The highest BCUT2D eigenvalue weighted by Gasteiger charge is 2.13. The number of aliphatic hydroxyl groups excluding tert-OH is 1. The van der Waals surface area contributed by atoms with Crippen molar-refractivity contribution in [3.63, 3.8) is 0 Å². The van der Waals surface area contributed by atoms with Gasteiger partial charge in [-0.15, -0.1) is 0 Å². The summed E-state index contributed by atoms with van der Waals surface area (Å²) >= 11 is 5.64. The summed E-state index contributed by atoms with van der Waals surface area (Å²) in [6.45, 7) is 0.397. The molecule has 0 aliphatic heterocycles. The minimum Gasteiger partial charge on any atom is -0.392 e. The van der Waals surface area contributed by atoms with Crippen LogP contribution in [0.15, 0.2) is 42.5 Å². The maximum atomic E-state index is 13.7. The first kappa shape index (κ1) is 15.5. The molecule has 3 nitrogen and oxygen atoms in total. The Morgan fingerprint density at radius 2 is 1.81 bits per heavy atom. The number of carbonyl (C=O) groups is 1. The van der Waals surface area contributed by atoms with Gasteiger partial charge in [0.15, 0.2) is 5.82 Å². The van der Waals surface area contributed by atoms with Crippen LogP contribution in [0.1, 0.15) is 21.5 Å². The van der Waals surface area contributed by atoms with E-state index in [4.69, 9.17) is 16.7 Å². The van der Waals surface area contributed by atoms with Crippen LogP contribution in [0, 0.1) is 5.82 Å². The summed E-state index contributed by atoms with van der Waals surface area (Å²) in [5, 5.41) is 11.5. The van der Waals surface area contributed by atoms with Crippen molar-refractivity contribution >= 4 is 17.5 Å². The topological polar surface area (TPSA) is 49.3 Å². The van der Waals surface area contributed by atoms with Crippen LogP contribution in [0.4, 0.5) is 4.39 Å². The Labute approximate surface area is 127 Å². The zero-order valence-corrected chi connectivity index (χ0v) is 12.0. The lowest BCUT2D eigenvalue weighted by Gasteiger charge is -2.07. The maximum absolute atomic E-state index is 13.7. The van der Waals surface area contributed by atoms with E-state index in [2.05, 4.69) is 5.32 Å². The average molecular weight is 308 g/mol. The van der Waals surface area contributed by atoms with Gasteiger partial charge in [0, 0.05) is 6.54 Å². The number of aliphatic hydroxyl groups is 1. The Bertz CT molecular complexity index is 629. The van der Waals surface area contributed by atoms with Crippen molar-refractivity contribution in [1.29, 1.82) is 0 Å². The third-order valence-electron chi connectivity index (χ3n) is 3.10. The number of amides is 1. The van der Waals surface area contributed by atoms with Crippen molar-refractivity contribution < 1.29 is 14.3 Å². The molecule has 0 saturated heterocycles. The second-order valence-corrected chi connectivity index (χ2v) is 4.99. The quantitative estimate of drug-likeness (QED) is 0.892. The minimum absolute atomic E-state index is 0.00502. The lowest BCUT2D eigenvalue weighted by Crippen LogP contribution is -2.26. The van der Waals surface area contributed by atoms with Gasteiger partial charge in [-0.3, -0.25) is 4.79 Å². The Morgan fingerprint density at radius 1 is 1.14 bits per heavy atom. The molecule has 0 radical (unpaired) electrons. The molecular weight excluding hydrogens is 293 g/mol. The van der Waals surface area contributed by atoms with Gasteiger partial charge in [0.2, 0.25) is 0 Å². The van der Waals surface area contributed by atoms with Gasteiger partial charge in [-0.2, -0.15) is 0 Å². The second-order valence-electron chi connectivity index (χ2n) is 4.58. The molecule has 0 aliphatic rings. The zero-order chi connectivity index (χ0) is 15.2. The van der Waals surface area contributed by atoms with Crippen LogP contribution < -0.4 is 5.32 Å². The summed E-state index contributed by atoms with van der Waals surface area (Å²) in [6.07, 6.45) is 0.625. The lowest BCUT2D eigenvalue weighted by atomic mass is 10.1. The van der Waals surface area contributed by atoms with Gasteiger partial charge >= 0.3 is 0 Å². The molecule has 0 heterocycles. The molecule has 110 valence electrons. The maximum Gasteiger partial charge on any atom is 0.254 e. The molecule has 5 heteroatoms. The van der Waals surface area contributed by atoms with Crippen molar-refractivity contribution in [2.75, 3.05) is 6.54 Å². The molecule has 0 aromatic heterocycles. The number of hydrogen-bond donors (Lipinski definition) is 2. The first-order chi connectivity index (χ1) is 10.1. The predicted molar refractivity (Wildman–Crippen MR) is 79.8 cm³/mol. The summed E-state index contributed by atoms with van der Waals surface area (Å²) < 4.78 is 13.7. The minimum atomic E-state index is -0.705. The van der Waals surface area contributed by atoms with Gasteiger partial charge in [0.25, 0.3) is 5.91 Å². The standard InChI is InChI=1S/C16H15ClFNO2/c17-14-3-1-2-13(15(14)18)16(21)19-9-8-11-4-6-12(10-20)7-5-11/h1-7,20H,8-10H2,(H,19,21). The van der Waals surface area contributed by atoms with Gasteiger partial charge in [-0.25, -0.2) is 4.39 Å². The van der Waals surface area contributed by atoms with Crippen molar-refractivity contribution in [3.05, 3.63) is 70.0 Å². The van der Waals surface area contributed by atoms with Crippen molar-refractivity contribution in [1.82, 2.24) is 5.32 Å². The molecule has 2 rings (SSSR count). The fraction of sp³-hybridized carbons (Fsp3) is 0.188. The van der Waals surface area contributed by atoms with Gasteiger partial charge in [0.05, 0.1) is 17.2 Å². The van der Waals surface area contributed by atoms with E-state index >= 15 is 0 Å². The highest BCUT2D eigenvalue weighted by Crippen LogP contribution is 2.17. The number of rotatable bonds is 5. The molecule has 21 heavy (non-hydrogen) atoms. The summed E-state index contributed by atoms with van der Waals surface area (Å²) in [7, 11) is 0. The number of benzene rings is 2. The Hall–Kier alpha value is -1.91. The molecule has 0 spiro atoms. The molecule has 2 N–H and O–H groups in total.